The summed E-state index contributed by atoms with van der Waals surface area (Å²) in [5.74, 6) is -1.42. The Hall–Kier alpha value is -4.00. The average molecular weight is 452 g/mol. The van der Waals surface area contributed by atoms with Crippen molar-refractivity contribution < 1.29 is 18.0 Å². The van der Waals surface area contributed by atoms with E-state index in [-0.39, 0.29) is 28.2 Å². The van der Waals surface area contributed by atoms with Gasteiger partial charge in [0.15, 0.2) is 17.3 Å². The van der Waals surface area contributed by atoms with Crippen molar-refractivity contribution in [1.29, 1.82) is 0 Å². The lowest BCUT2D eigenvalue weighted by atomic mass is 10.1. The zero-order valence-corrected chi connectivity index (χ0v) is 16.1. The lowest BCUT2D eigenvalue weighted by Gasteiger charge is -2.14. The highest BCUT2D eigenvalue weighted by atomic mass is 35.5. The quantitative estimate of drug-likeness (QED) is 0.398. The third-order valence-corrected chi connectivity index (χ3v) is 3.88. The number of amides is 1. The van der Waals surface area contributed by atoms with Crippen LogP contribution in [0.2, 0.25) is 5.02 Å². The van der Waals surface area contributed by atoms with E-state index in [0.29, 0.717) is 6.20 Å². The van der Waals surface area contributed by atoms with Crippen molar-refractivity contribution in [2.24, 2.45) is 10.7 Å². The number of pyridine rings is 2. The van der Waals surface area contributed by atoms with E-state index in [0.717, 1.165) is 4.80 Å². The van der Waals surface area contributed by atoms with Crippen molar-refractivity contribution in [2.45, 2.75) is 6.18 Å². The summed E-state index contributed by atoms with van der Waals surface area (Å²) in [5, 5.41) is 10.0. The maximum Gasteiger partial charge on any atom is 0.434 e. The number of carbonyl (C=O) groups excluding carboxylic acids is 1. The summed E-state index contributed by atoms with van der Waals surface area (Å²) in [7, 11) is 0. The molecule has 3 heterocycles. The molecule has 0 spiro atoms. The van der Waals surface area contributed by atoms with Gasteiger partial charge in [-0.1, -0.05) is 17.7 Å². The monoisotopic (exact) mass is 451 g/mol. The van der Waals surface area contributed by atoms with Crippen molar-refractivity contribution in [1.82, 2.24) is 25.0 Å². The molecule has 1 amide bonds. The van der Waals surface area contributed by atoms with E-state index in [2.05, 4.69) is 30.5 Å². The van der Waals surface area contributed by atoms with Gasteiger partial charge in [0.05, 0.1) is 34.9 Å². The molecule has 0 aromatic carbocycles. The van der Waals surface area contributed by atoms with E-state index >= 15 is 0 Å². The highest BCUT2D eigenvalue weighted by molar-refractivity contribution is 6.32. The first-order chi connectivity index (χ1) is 14.7. The maximum atomic E-state index is 13.6. The molecule has 31 heavy (non-hydrogen) atoms. The van der Waals surface area contributed by atoms with Gasteiger partial charge < -0.3 is 16.8 Å². The zero-order chi connectivity index (χ0) is 22.6. The summed E-state index contributed by atoms with van der Waals surface area (Å²) >= 11 is 6.10. The van der Waals surface area contributed by atoms with E-state index in [1.807, 2.05) is 0 Å². The number of rotatable bonds is 5. The fourth-order valence-corrected chi connectivity index (χ4v) is 2.57. The molecule has 0 radical (unpaired) electrons. The van der Waals surface area contributed by atoms with Crippen LogP contribution in [0.25, 0.3) is 5.82 Å². The van der Waals surface area contributed by atoms with Crippen LogP contribution in [0.1, 0.15) is 0 Å². The SMILES string of the molecule is NC=C(C(=O)Nc1cnc(-n2nccn2)c(Cl)c1)C(=Nc1cccc(N)n1)C(F)(F)F. The third-order valence-electron chi connectivity index (χ3n) is 3.61. The number of nitrogens with two attached hydrogens (primary N) is 2. The summed E-state index contributed by atoms with van der Waals surface area (Å²) in [5.41, 5.74) is 8.30. The van der Waals surface area contributed by atoms with Gasteiger partial charge in [0.1, 0.15) is 5.82 Å². The number of nitrogens with zero attached hydrogens (tertiary/aromatic N) is 6. The van der Waals surface area contributed by atoms with Crippen LogP contribution in [0.3, 0.4) is 0 Å². The number of alkyl halides is 3. The molecular formula is C17H13ClF3N9O. The number of halogens is 4. The molecule has 3 aromatic heterocycles. The summed E-state index contributed by atoms with van der Waals surface area (Å²) in [6, 6.07) is 5.20. The Labute approximate surface area is 177 Å². The minimum atomic E-state index is -5.01. The van der Waals surface area contributed by atoms with Crippen molar-refractivity contribution in [3.05, 3.63) is 59.7 Å². The Morgan fingerprint density at radius 2 is 1.97 bits per heavy atom. The van der Waals surface area contributed by atoms with E-state index in [1.165, 1.54) is 42.9 Å². The van der Waals surface area contributed by atoms with Crippen molar-refractivity contribution in [3.8, 4) is 5.82 Å². The van der Waals surface area contributed by atoms with Gasteiger partial charge in [-0.2, -0.15) is 23.4 Å². The van der Waals surface area contributed by atoms with E-state index < -0.39 is 23.4 Å². The highest BCUT2D eigenvalue weighted by Crippen LogP contribution is 2.27. The molecule has 10 nitrogen and oxygen atoms in total. The van der Waals surface area contributed by atoms with Gasteiger partial charge in [-0.3, -0.25) is 4.79 Å². The number of hydrogen-bond acceptors (Lipinski definition) is 8. The summed E-state index contributed by atoms with van der Waals surface area (Å²) < 4.78 is 40.8. The molecule has 0 saturated carbocycles. The Morgan fingerprint density at radius 3 is 2.55 bits per heavy atom. The minimum absolute atomic E-state index is 0.00820. The molecule has 0 bridgehead atoms. The average Bonchev–Trinajstić information content (AvgIpc) is 3.21. The second-order valence-corrected chi connectivity index (χ2v) is 6.17. The molecule has 0 aliphatic rings. The van der Waals surface area contributed by atoms with Crippen molar-refractivity contribution in [3.63, 3.8) is 0 Å². The highest BCUT2D eigenvalue weighted by Gasteiger charge is 2.40. The fraction of sp³-hybridized carbons (Fsp3) is 0.0588. The molecule has 14 heteroatoms. The molecule has 0 fully saturated rings. The molecule has 0 unspecified atom stereocenters. The number of aromatic nitrogens is 5. The number of hydrogen-bond donors (Lipinski definition) is 3. The number of anilines is 2. The standard InChI is InChI=1S/C17H13ClF3N9O/c18-11-6-9(8-24-15(11)30-25-4-5-26-30)27-16(31)10(7-22)14(17(19,20)21)29-13-3-1-2-12(23)28-13/h1-8H,22H2,(H2,23,28)(H,27,31). The Morgan fingerprint density at radius 1 is 1.26 bits per heavy atom. The molecule has 3 rings (SSSR count). The second kappa shape index (κ2) is 8.79. The Bertz CT molecular complexity index is 1160. The first kappa shape index (κ1) is 21.7. The van der Waals surface area contributed by atoms with Gasteiger partial charge in [-0.25, -0.2) is 15.0 Å². The molecule has 0 aliphatic heterocycles. The molecule has 0 aliphatic carbocycles. The predicted octanol–water partition coefficient (Wildman–Crippen LogP) is 2.41. The van der Waals surface area contributed by atoms with Gasteiger partial charge in [0, 0.05) is 6.20 Å². The number of nitrogen functional groups attached to an aromatic ring is 1. The summed E-state index contributed by atoms with van der Waals surface area (Å²) in [4.78, 5) is 24.8. The molecule has 0 atom stereocenters. The van der Waals surface area contributed by atoms with Crippen molar-refractivity contribution in [2.75, 3.05) is 11.1 Å². The Kier molecular flexibility index (Phi) is 6.15. The van der Waals surface area contributed by atoms with Crippen LogP contribution in [0.5, 0.6) is 0 Å². The van der Waals surface area contributed by atoms with Crippen LogP contribution >= 0.6 is 11.6 Å². The zero-order valence-electron chi connectivity index (χ0n) is 15.4. The first-order valence-corrected chi connectivity index (χ1v) is 8.71. The molecular weight excluding hydrogens is 439 g/mol. The predicted molar refractivity (Wildman–Crippen MR) is 107 cm³/mol. The Balaban J connectivity index is 1.90. The summed E-state index contributed by atoms with van der Waals surface area (Å²) in [6.07, 6.45) is -0.551. The van der Waals surface area contributed by atoms with Gasteiger partial charge in [0.25, 0.3) is 5.91 Å². The van der Waals surface area contributed by atoms with E-state index in [9.17, 15) is 18.0 Å². The first-order valence-electron chi connectivity index (χ1n) is 8.33. The normalized spacial score (nSPS) is 12.6. The lowest BCUT2D eigenvalue weighted by Crippen LogP contribution is -2.32. The van der Waals surface area contributed by atoms with Crippen LogP contribution < -0.4 is 16.8 Å². The van der Waals surface area contributed by atoms with E-state index in [4.69, 9.17) is 23.1 Å². The van der Waals surface area contributed by atoms with Crippen LogP contribution in [0.15, 0.2) is 59.6 Å². The number of carbonyl (C=O) groups is 1. The lowest BCUT2D eigenvalue weighted by molar-refractivity contribution is -0.113. The fourth-order valence-electron chi connectivity index (χ4n) is 2.32. The van der Waals surface area contributed by atoms with Crippen LogP contribution in [0, 0.1) is 0 Å². The molecule has 0 saturated heterocycles. The van der Waals surface area contributed by atoms with Gasteiger partial charge >= 0.3 is 6.18 Å². The topological polar surface area (TPSA) is 150 Å². The number of aliphatic imine (C=N–C) groups is 1. The second-order valence-electron chi connectivity index (χ2n) is 5.76. The largest absolute Gasteiger partial charge is 0.434 e. The smallest absolute Gasteiger partial charge is 0.404 e. The van der Waals surface area contributed by atoms with Crippen LogP contribution in [0.4, 0.5) is 30.5 Å². The van der Waals surface area contributed by atoms with Crippen molar-refractivity contribution >= 4 is 40.5 Å². The van der Waals surface area contributed by atoms with E-state index in [1.54, 1.807) is 0 Å². The number of nitrogens with one attached hydrogen (secondary N) is 1. The van der Waals surface area contributed by atoms with Gasteiger partial charge in [0.2, 0.25) is 0 Å². The molecule has 160 valence electrons. The van der Waals surface area contributed by atoms with Gasteiger partial charge in [-0.15, -0.1) is 4.80 Å². The maximum absolute atomic E-state index is 13.6. The van der Waals surface area contributed by atoms with Crippen LogP contribution in [-0.2, 0) is 4.79 Å². The molecule has 3 aromatic rings. The molecule has 5 N–H and O–H groups in total. The van der Waals surface area contributed by atoms with Crippen LogP contribution in [-0.4, -0.2) is 42.8 Å². The summed E-state index contributed by atoms with van der Waals surface area (Å²) in [6.45, 7) is 0. The van der Waals surface area contributed by atoms with Gasteiger partial charge in [-0.05, 0) is 18.2 Å². The minimum Gasteiger partial charge on any atom is -0.404 e. The third kappa shape index (κ3) is 5.14.